The Labute approximate surface area is 145 Å². The Balaban J connectivity index is 1.90. The summed E-state index contributed by atoms with van der Waals surface area (Å²) in [4.78, 5) is 14.4. The average molecular weight is 324 g/mol. The monoisotopic (exact) mass is 324 g/mol. The van der Waals surface area contributed by atoms with Crippen molar-refractivity contribution in [3.8, 4) is 0 Å². The summed E-state index contributed by atoms with van der Waals surface area (Å²) in [5.41, 5.74) is 6.19. The number of carbonyl (C=O) groups excluding carboxylic acids is 1. The lowest BCUT2D eigenvalue weighted by atomic mass is 10.0. The maximum Gasteiger partial charge on any atom is 0.234 e. The predicted octanol–water partition coefficient (Wildman–Crippen LogP) is 3.92. The number of hydrogen-bond donors (Lipinski definition) is 1. The summed E-state index contributed by atoms with van der Waals surface area (Å²) in [7, 11) is 1.98. The van der Waals surface area contributed by atoms with E-state index in [9.17, 15) is 4.79 Å². The molecule has 0 bridgehead atoms. The standard InChI is InChI=1S/C21H28N2O/c1-15-10-11-19(12-17(15)3)18(4)22-21(24)14-23(5)13-20-9-7-6-8-16(20)2/h6-12,18H,13-14H2,1-5H3,(H,22,24). The molecule has 0 aliphatic heterocycles. The fraction of sp³-hybridized carbons (Fsp3) is 0.381. The summed E-state index contributed by atoms with van der Waals surface area (Å²) in [6.45, 7) is 9.50. The molecule has 0 saturated carbocycles. The molecule has 0 radical (unpaired) electrons. The van der Waals surface area contributed by atoms with Gasteiger partial charge < -0.3 is 5.32 Å². The van der Waals surface area contributed by atoms with Gasteiger partial charge >= 0.3 is 0 Å². The highest BCUT2D eigenvalue weighted by Gasteiger charge is 2.13. The van der Waals surface area contributed by atoms with Crippen LogP contribution in [0.4, 0.5) is 0 Å². The largest absolute Gasteiger partial charge is 0.348 e. The van der Waals surface area contributed by atoms with Crippen LogP contribution in [0.1, 0.15) is 40.8 Å². The van der Waals surface area contributed by atoms with Gasteiger partial charge in [-0.15, -0.1) is 0 Å². The quantitative estimate of drug-likeness (QED) is 0.873. The maximum absolute atomic E-state index is 12.3. The van der Waals surface area contributed by atoms with E-state index in [1.165, 1.54) is 22.3 Å². The Morgan fingerprint density at radius 2 is 1.75 bits per heavy atom. The number of carbonyl (C=O) groups is 1. The van der Waals surface area contributed by atoms with E-state index < -0.39 is 0 Å². The van der Waals surface area contributed by atoms with E-state index in [1.54, 1.807) is 0 Å². The number of benzene rings is 2. The molecule has 0 spiro atoms. The predicted molar refractivity (Wildman–Crippen MR) is 100.0 cm³/mol. The highest BCUT2D eigenvalue weighted by Crippen LogP contribution is 2.16. The number of nitrogens with one attached hydrogen (secondary N) is 1. The van der Waals surface area contributed by atoms with Crippen molar-refractivity contribution >= 4 is 5.91 Å². The molecule has 1 N–H and O–H groups in total. The fourth-order valence-electron chi connectivity index (χ4n) is 2.78. The average Bonchev–Trinajstić information content (AvgIpc) is 2.52. The molecule has 2 aromatic rings. The zero-order valence-electron chi connectivity index (χ0n) is 15.4. The first-order valence-electron chi connectivity index (χ1n) is 8.46. The van der Waals surface area contributed by atoms with Crippen LogP contribution in [0, 0.1) is 20.8 Å². The first-order chi connectivity index (χ1) is 11.4. The Morgan fingerprint density at radius 3 is 2.42 bits per heavy atom. The molecular formula is C21H28N2O. The van der Waals surface area contributed by atoms with Crippen molar-refractivity contribution in [1.82, 2.24) is 10.2 Å². The topological polar surface area (TPSA) is 32.3 Å². The summed E-state index contributed by atoms with van der Waals surface area (Å²) < 4.78 is 0. The van der Waals surface area contributed by atoms with Crippen LogP contribution in [0.25, 0.3) is 0 Å². The minimum absolute atomic E-state index is 0.0173. The fourth-order valence-corrected chi connectivity index (χ4v) is 2.78. The van der Waals surface area contributed by atoms with Crippen LogP contribution >= 0.6 is 0 Å². The second kappa shape index (κ2) is 8.11. The van der Waals surface area contributed by atoms with Crippen LogP contribution in [0.2, 0.25) is 0 Å². The van der Waals surface area contributed by atoms with E-state index in [-0.39, 0.29) is 11.9 Å². The van der Waals surface area contributed by atoms with Gasteiger partial charge in [-0.05, 0) is 62.6 Å². The van der Waals surface area contributed by atoms with Crippen molar-refractivity contribution < 1.29 is 4.79 Å². The number of amides is 1. The van der Waals surface area contributed by atoms with Gasteiger partial charge in [0.1, 0.15) is 0 Å². The van der Waals surface area contributed by atoms with Crippen molar-refractivity contribution in [3.63, 3.8) is 0 Å². The van der Waals surface area contributed by atoms with Gasteiger partial charge in [-0.1, -0.05) is 42.5 Å². The number of aryl methyl sites for hydroxylation is 3. The molecular weight excluding hydrogens is 296 g/mol. The van der Waals surface area contributed by atoms with Gasteiger partial charge in [0.2, 0.25) is 5.91 Å². The lowest BCUT2D eigenvalue weighted by Gasteiger charge is -2.20. The number of likely N-dealkylation sites (N-methyl/N-ethyl adjacent to an activating group) is 1. The van der Waals surface area contributed by atoms with Crippen LogP contribution in [-0.4, -0.2) is 24.4 Å². The molecule has 128 valence electrons. The molecule has 3 heteroatoms. The van der Waals surface area contributed by atoms with Gasteiger partial charge in [-0.2, -0.15) is 0 Å². The van der Waals surface area contributed by atoms with E-state index >= 15 is 0 Å². The first kappa shape index (κ1) is 18.2. The molecule has 0 aliphatic carbocycles. The third-order valence-electron chi connectivity index (χ3n) is 4.52. The molecule has 24 heavy (non-hydrogen) atoms. The van der Waals surface area contributed by atoms with Gasteiger partial charge in [-0.3, -0.25) is 9.69 Å². The van der Waals surface area contributed by atoms with Crippen molar-refractivity contribution in [1.29, 1.82) is 0 Å². The normalized spacial score (nSPS) is 12.2. The Kier molecular flexibility index (Phi) is 6.16. The Hall–Kier alpha value is -2.13. The van der Waals surface area contributed by atoms with Crippen LogP contribution in [0.3, 0.4) is 0 Å². The lowest BCUT2D eigenvalue weighted by Crippen LogP contribution is -2.36. The summed E-state index contributed by atoms with van der Waals surface area (Å²) >= 11 is 0. The number of hydrogen-bond acceptors (Lipinski definition) is 2. The van der Waals surface area contributed by atoms with Gasteiger partial charge in [0.15, 0.2) is 0 Å². The van der Waals surface area contributed by atoms with E-state index in [4.69, 9.17) is 0 Å². The third-order valence-corrected chi connectivity index (χ3v) is 4.52. The van der Waals surface area contributed by atoms with Gasteiger partial charge in [0.05, 0.1) is 12.6 Å². The van der Waals surface area contributed by atoms with E-state index in [1.807, 2.05) is 31.0 Å². The van der Waals surface area contributed by atoms with Gasteiger partial charge in [0, 0.05) is 6.54 Å². The zero-order valence-corrected chi connectivity index (χ0v) is 15.4. The molecule has 1 atom stereocenters. The molecule has 1 unspecified atom stereocenters. The van der Waals surface area contributed by atoms with Crippen molar-refractivity contribution in [3.05, 3.63) is 70.3 Å². The maximum atomic E-state index is 12.3. The van der Waals surface area contributed by atoms with E-state index in [0.717, 1.165) is 12.1 Å². The van der Waals surface area contributed by atoms with Crippen molar-refractivity contribution in [2.24, 2.45) is 0 Å². The molecule has 2 aromatic carbocycles. The molecule has 0 fully saturated rings. The molecule has 2 rings (SSSR count). The minimum Gasteiger partial charge on any atom is -0.348 e. The van der Waals surface area contributed by atoms with Gasteiger partial charge in [-0.25, -0.2) is 0 Å². The second-order valence-corrected chi connectivity index (χ2v) is 6.73. The van der Waals surface area contributed by atoms with Gasteiger partial charge in [0.25, 0.3) is 0 Å². The van der Waals surface area contributed by atoms with Crippen LogP contribution in [0.15, 0.2) is 42.5 Å². The molecule has 0 aromatic heterocycles. The summed E-state index contributed by atoms with van der Waals surface area (Å²) in [5, 5.41) is 3.09. The molecule has 0 aliphatic rings. The molecule has 1 amide bonds. The SMILES string of the molecule is Cc1ccc(C(C)NC(=O)CN(C)Cc2ccccc2C)cc1C. The van der Waals surface area contributed by atoms with Crippen LogP contribution < -0.4 is 5.32 Å². The molecule has 0 saturated heterocycles. The zero-order chi connectivity index (χ0) is 17.7. The minimum atomic E-state index is 0.0173. The van der Waals surface area contributed by atoms with Crippen LogP contribution in [0.5, 0.6) is 0 Å². The Bertz CT molecular complexity index is 709. The van der Waals surface area contributed by atoms with E-state index in [0.29, 0.717) is 6.54 Å². The number of rotatable bonds is 6. The summed E-state index contributed by atoms with van der Waals surface area (Å²) in [6, 6.07) is 14.7. The molecule has 3 nitrogen and oxygen atoms in total. The summed E-state index contributed by atoms with van der Waals surface area (Å²) in [6.07, 6.45) is 0. The highest BCUT2D eigenvalue weighted by molar-refractivity contribution is 5.78. The molecule has 0 heterocycles. The second-order valence-electron chi connectivity index (χ2n) is 6.73. The van der Waals surface area contributed by atoms with Crippen molar-refractivity contribution in [2.45, 2.75) is 40.3 Å². The number of nitrogens with zero attached hydrogens (tertiary/aromatic N) is 1. The Morgan fingerprint density at radius 1 is 1.04 bits per heavy atom. The highest BCUT2D eigenvalue weighted by atomic mass is 16.2. The van der Waals surface area contributed by atoms with Crippen molar-refractivity contribution in [2.75, 3.05) is 13.6 Å². The third kappa shape index (κ3) is 4.93. The first-order valence-corrected chi connectivity index (χ1v) is 8.46. The van der Waals surface area contributed by atoms with Crippen LogP contribution in [-0.2, 0) is 11.3 Å². The van der Waals surface area contributed by atoms with E-state index in [2.05, 4.69) is 56.4 Å². The lowest BCUT2D eigenvalue weighted by molar-refractivity contribution is -0.122. The summed E-state index contributed by atoms with van der Waals surface area (Å²) in [5.74, 6) is 0.0526. The smallest absolute Gasteiger partial charge is 0.234 e.